The Labute approximate surface area is 127 Å². The summed E-state index contributed by atoms with van der Waals surface area (Å²) in [6.45, 7) is 7.48. The van der Waals surface area contributed by atoms with Crippen molar-refractivity contribution in [2.24, 2.45) is 11.8 Å². The van der Waals surface area contributed by atoms with Gasteiger partial charge in [0, 0.05) is 7.05 Å². The SMILES string of the molecule is CON(C)C(=O)C(CC(C)C1CC1)NC(=O)OC(C)(C)C. The monoisotopic (exact) mass is 300 g/mol. The molecular weight excluding hydrogens is 272 g/mol. The molecule has 1 aliphatic rings. The maximum atomic E-state index is 12.3. The molecule has 2 atom stereocenters. The standard InChI is InChI=1S/C15H28N2O4/c1-10(11-7-8-11)9-12(13(18)17(5)20-6)16-14(19)21-15(2,3)4/h10-12H,7-9H2,1-6H3,(H,16,19). The van der Waals surface area contributed by atoms with Gasteiger partial charge >= 0.3 is 6.09 Å². The summed E-state index contributed by atoms with van der Waals surface area (Å²) < 4.78 is 5.23. The topological polar surface area (TPSA) is 67.9 Å². The van der Waals surface area contributed by atoms with Crippen molar-refractivity contribution in [2.75, 3.05) is 14.2 Å². The molecule has 1 saturated carbocycles. The first-order chi connectivity index (χ1) is 9.64. The number of hydrogen-bond acceptors (Lipinski definition) is 4. The lowest BCUT2D eigenvalue weighted by Crippen LogP contribution is -2.49. The van der Waals surface area contributed by atoms with Gasteiger partial charge in [0.25, 0.3) is 5.91 Å². The Morgan fingerprint density at radius 3 is 2.33 bits per heavy atom. The Bertz CT molecular complexity index is 374. The normalized spacial score (nSPS) is 17.8. The molecule has 0 aromatic heterocycles. The van der Waals surface area contributed by atoms with Gasteiger partial charge in [-0.3, -0.25) is 9.63 Å². The predicted octanol–water partition coefficient (Wildman–Crippen LogP) is 2.34. The number of likely N-dealkylation sites (N-methyl/N-ethyl adjacent to an activating group) is 1. The zero-order chi connectivity index (χ0) is 16.2. The molecule has 0 spiro atoms. The summed E-state index contributed by atoms with van der Waals surface area (Å²) in [5.74, 6) is 0.781. The van der Waals surface area contributed by atoms with Crippen LogP contribution in [0.15, 0.2) is 0 Å². The maximum Gasteiger partial charge on any atom is 0.408 e. The maximum absolute atomic E-state index is 12.3. The molecule has 0 aromatic rings. The van der Waals surface area contributed by atoms with Gasteiger partial charge in [0.1, 0.15) is 11.6 Å². The lowest BCUT2D eigenvalue weighted by molar-refractivity contribution is -0.171. The molecule has 6 heteroatoms. The van der Waals surface area contributed by atoms with E-state index in [4.69, 9.17) is 9.57 Å². The molecule has 0 bridgehead atoms. The van der Waals surface area contributed by atoms with Crippen molar-refractivity contribution in [1.29, 1.82) is 0 Å². The number of carbonyl (C=O) groups is 2. The van der Waals surface area contributed by atoms with Crippen molar-refractivity contribution < 1.29 is 19.2 Å². The minimum Gasteiger partial charge on any atom is -0.444 e. The quantitative estimate of drug-likeness (QED) is 0.765. The lowest BCUT2D eigenvalue weighted by atomic mass is 9.96. The summed E-state index contributed by atoms with van der Waals surface area (Å²) in [5.41, 5.74) is -0.590. The lowest BCUT2D eigenvalue weighted by Gasteiger charge is -2.27. The van der Waals surface area contributed by atoms with Crippen LogP contribution in [0.4, 0.5) is 4.79 Å². The Kier molecular flexibility index (Phi) is 6.01. The van der Waals surface area contributed by atoms with E-state index in [0.717, 1.165) is 5.06 Å². The smallest absolute Gasteiger partial charge is 0.408 e. The van der Waals surface area contributed by atoms with E-state index < -0.39 is 17.7 Å². The number of hydrogen-bond donors (Lipinski definition) is 1. The Hall–Kier alpha value is -1.30. The molecular formula is C15H28N2O4. The molecule has 21 heavy (non-hydrogen) atoms. The molecule has 1 aliphatic carbocycles. The highest BCUT2D eigenvalue weighted by Gasteiger charge is 2.34. The first-order valence-electron chi connectivity index (χ1n) is 7.45. The van der Waals surface area contributed by atoms with Crippen LogP contribution in [0.1, 0.15) is 47.0 Å². The van der Waals surface area contributed by atoms with Gasteiger partial charge in [-0.1, -0.05) is 6.92 Å². The van der Waals surface area contributed by atoms with Gasteiger partial charge in [-0.15, -0.1) is 0 Å². The van der Waals surface area contributed by atoms with Crippen LogP contribution in [-0.4, -0.2) is 42.9 Å². The average Bonchev–Trinajstić information content (AvgIpc) is 3.17. The number of rotatable bonds is 6. The van der Waals surface area contributed by atoms with E-state index in [0.29, 0.717) is 18.3 Å². The van der Waals surface area contributed by atoms with Crippen molar-refractivity contribution in [3.63, 3.8) is 0 Å². The van der Waals surface area contributed by atoms with E-state index in [9.17, 15) is 9.59 Å². The Morgan fingerprint density at radius 1 is 1.33 bits per heavy atom. The number of nitrogens with zero attached hydrogens (tertiary/aromatic N) is 1. The van der Waals surface area contributed by atoms with Crippen molar-refractivity contribution in [3.05, 3.63) is 0 Å². The molecule has 0 radical (unpaired) electrons. The summed E-state index contributed by atoms with van der Waals surface area (Å²) >= 11 is 0. The summed E-state index contributed by atoms with van der Waals surface area (Å²) in [6.07, 6.45) is 2.42. The van der Waals surface area contributed by atoms with E-state index >= 15 is 0 Å². The second-order valence-corrected chi connectivity index (χ2v) is 6.77. The van der Waals surface area contributed by atoms with Gasteiger partial charge in [0.2, 0.25) is 0 Å². The number of hydroxylamine groups is 2. The van der Waals surface area contributed by atoms with E-state index in [2.05, 4.69) is 12.2 Å². The number of carbonyl (C=O) groups excluding carboxylic acids is 2. The fourth-order valence-corrected chi connectivity index (χ4v) is 2.21. The number of nitrogens with one attached hydrogen (secondary N) is 1. The van der Waals surface area contributed by atoms with E-state index in [1.54, 1.807) is 20.8 Å². The van der Waals surface area contributed by atoms with Crippen LogP contribution in [0, 0.1) is 11.8 Å². The molecule has 0 aliphatic heterocycles. The van der Waals surface area contributed by atoms with Crippen LogP contribution >= 0.6 is 0 Å². The molecule has 122 valence electrons. The highest BCUT2D eigenvalue weighted by molar-refractivity contribution is 5.84. The molecule has 6 nitrogen and oxygen atoms in total. The first kappa shape index (κ1) is 17.8. The van der Waals surface area contributed by atoms with E-state index in [-0.39, 0.29) is 5.91 Å². The largest absolute Gasteiger partial charge is 0.444 e. The van der Waals surface area contributed by atoms with Crippen molar-refractivity contribution in [2.45, 2.75) is 58.6 Å². The van der Waals surface area contributed by atoms with E-state index in [1.807, 2.05) is 0 Å². The average molecular weight is 300 g/mol. The van der Waals surface area contributed by atoms with Crippen LogP contribution in [0.25, 0.3) is 0 Å². The molecule has 2 unspecified atom stereocenters. The summed E-state index contributed by atoms with van der Waals surface area (Å²) in [4.78, 5) is 29.1. The van der Waals surface area contributed by atoms with Crippen LogP contribution in [0.5, 0.6) is 0 Å². The fourth-order valence-electron chi connectivity index (χ4n) is 2.21. The van der Waals surface area contributed by atoms with Gasteiger partial charge in [0.05, 0.1) is 7.11 Å². The van der Waals surface area contributed by atoms with Crippen molar-refractivity contribution >= 4 is 12.0 Å². The predicted molar refractivity (Wildman–Crippen MR) is 79.4 cm³/mol. The minimum atomic E-state index is -0.625. The third-order valence-corrected chi connectivity index (χ3v) is 3.61. The van der Waals surface area contributed by atoms with Gasteiger partial charge < -0.3 is 10.1 Å². The Morgan fingerprint density at radius 2 is 1.90 bits per heavy atom. The van der Waals surface area contributed by atoms with Gasteiger partial charge in [-0.05, 0) is 51.9 Å². The molecule has 1 rings (SSSR count). The van der Waals surface area contributed by atoms with Crippen molar-refractivity contribution in [1.82, 2.24) is 10.4 Å². The third-order valence-electron chi connectivity index (χ3n) is 3.61. The summed E-state index contributed by atoms with van der Waals surface area (Å²) in [7, 11) is 2.96. The molecule has 0 aromatic carbocycles. The molecule has 1 N–H and O–H groups in total. The summed E-state index contributed by atoms with van der Waals surface area (Å²) in [5, 5.41) is 3.81. The van der Waals surface area contributed by atoms with Gasteiger partial charge in [-0.2, -0.15) is 0 Å². The van der Waals surface area contributed by atoms with Crippen LogP contribution in [-0.2, 0) is 14.4 Å². The van der Waals surface area contributed by atoms with Crippen molar-refractivity contribution in [3.8, 4) is 0 Å². The molecule has 0 saturated heterocycles. The second-order valence-electron chi connectivity index (χ2n) is 6.77. The van der Waals surface area contributed by atoms with Gasteiger partial charge in [-0.25, -0.2) is 9.86 Å². The third kappa shape index (κ3) is 6.33. The zero-order valence-electron chi connectivity index (χ0n) is 13.9. The number of amides is 2. The van der Waals surface area contributed by atoms with Crippen LogP contribution < -0.4 is 5.32 Å². The highest BCUT2D eigenvalue weighted by Crippen LogP contribution is 2.38. The highest BCUT2D eigenvalue weighted by atomic mass is 16.7. The zero-order valence-corrected chi connectivity index (χ0v) is 13.9. The first-order valence-corrected chi connectivity index (χ1v) is 7.45. The molecule has 2 amide bonds. The number of ether oxygens (including phenoxy) is 1. The minimum absolute atomic E-state index is 0.268. The van der Waals surface area contributed by atoms with Gasteiger partial charge in [0.15, 0.2) is 0 Å². The summed E-state index contributed by atoms with van der Waals surface area (Å²) in [6, 6.07) is -0.625. The van der Waals surface area contributed by atoms with Crippen LogP contribution in [0.3, 0.4) is 0 Å². The number of alkyl carbamates (subject to hydrolysis) is 1. The van der Waals surface area contributed by atoms with E-state index in [1.165, 1.54) is 27.0 Å². The fraction of sp³-hybridized carbons (Fsp3) is 0.867. The second kappa shape index (κ2) is 7.11. The Balaban J connectivity index is 2.66. The molecule has 1 fully saturated rings. The van der Waals surface area contributed by atoms with Crippen LogP contribution in [0.2, 0.25) is 0 Å². The molecule has 0 heterocycles.